The first-order valence-electron chi connectivity index (χ1n) is 7.93. The van der Waals surface area contributed by atoms with Gasteiger partial charge in [-0.2, -0.15) is 0 Å². The molecule has 9 nitrogen and oxygen atoms in total. The molecule has 4 heterocycles. The number of hydrogen-bond acceptors (Lipinski definition) is 9. The molecule has 2 aliphatic rings. The Morgan fingerprint density at radius 3 is 1.40 bits per heavy atom. The van der Waals surface area contributed by atoms with Crippen LogP contribution in [0.15, 0.2) is 24.8 Å². The fourth-order valence-corrected chi connectivity index (χ4v) is 2.82. The molecule has 0 saturated carbocycles. The smallest absolute Gasteiger partial charge is 0.225 e. The average molecular weight is 365 g/mol. The molecule has 0 radical (unpaired) electrons. The van der Waals surface area contributed by atoms with Gasteiger partial charge in [-0.1, -0.05) is 0 Å². The number of nitrogens with zero attached hydrogens (tertiary/aromatic N) is 6. The van der Waals surface area contributed by atoms with Gasteiger partial charge in [0.2, 0.25) is 11.9 Å². The van der Waals surface area contributed by atoms with Crippen molar-refractivity contribution in [3.8, 4) is 0 Å². The summed E-state index contributed by atoms with van der Waals surface area (Å²) in [6.07, 6.45) is 5.64. The number of aliphatic hydroxyl groups excluding tert-OH is 1. The van der Waals surface area contributed by atoms with Gasteiger partial charge in [-0.25, -0.2) is 19.9 Å². The summed E-state index contributed by atoms with van der Waals surface area (Å²) < 4.78 is 0. The Morgan fingerprint density at radius 2 is 1.12 bits per heavy atom. The molecule has 10 heteroatoms. The van der Waals surface area contributed by atoms with Crippen LogP contribution in [-0.4, -0.2) is 63.3 Å². The normalized spacial score (nSPS) is 17.9. The third kappa shape index (κ3) is 3.49. The molecule has 2 aromatic rings. The zero-order chi connectivity index (χ0) is 16.7. The fourth-order valence-electron chi connectivity index (χ4n) is 2.82. The number of aromatic nitrogens is 4. The number of hydrogen-bond donors (Lipinski definition) is 3. The highest BCUT2D eigenvalue weighted by molar-refractivity contribution is 5.85. The minimum absolute atomic E-state index is 0. The lowest BCUT2D eigenvalue weighted by Crippen LogP contribution is -2.56. The molecule has 0 bridgehead atoms. The number of aliphatic hydroxyl groups is 1. The Balaban J connectivity index is 0.00000182. The molecule has 5 N–H and O–H groups in total. The van der Waals surface area contributed by atoms with Gasteiger partial charge in [0.05, 0.1) is 0 Å². The maximum Gasteiger partial charge on any atom is 0.225 e. The van der Waals surface area contributed by atoms with Crippen molar-refractivity contribution in [2.24, 2.45) is 11.5 Å². The lowest BCUT2D eigenvalue weighted by atomic mass is 10.1. The van der Waals surface area contributed by atoms with Crippen molar-refractivity contribution >= 4 is 24.3 Å². The van der Waals surface area contributed by atoms with Gasteiger partial charge in [0, 0.05) is 74.2 Å². The van der Waals surface area contributed by atoms with E-state index in [-0.39, 0.29) is 24.5 Å². The molecule has 25 heavy (non-hydrogen) atoms. The van der Waals surface area contributed by atoms with Crippen molar-refractivity contribution in [1.82, 2.24) is 19.9 Å². The Labute approximate surface area is 151 Å². The molecule has 0 amide bonds. The highest BCUT2D eigenvalue weighted by Gasteiger charge is 2.26. The molecule has 0 aliphatic carbocycles. The second-order valence-electron chi connectivity index (χ2n) is 6.37. The van der Waals surface area contributed by atoms with Gasteiger partial charge in [-0.15, -0.1) is 12.4 Å². The first-order chi connectivity index (χ1) is 11.6. The molecule has 134 valence electrons. The molecule has 2 saturated heterocycles. The van der Waals surface area contributed by atoms with Crippen LogP contribution in [0.25, 0.3) is 0 Å². The topological polar surface area (TPSA) is 130 Å². The van der Waals surface area contributed by atoms with Crippen LogP contribution in [0.1, 0.15) is 17.2 Å². The monoisotopic (exact) mass is 364 g/mol. The first-order valence-corrected chi connectivity index (χ1v) is 7.93. The van der Waals surface area contributed by atoms with Gasteiger partial charge in [-0.05, 0) is 0 Å². The van der Waals surface area contributed by atoms with E-state index in [4.69, 9.17) is 11.5 Å². The van der Waals surface area contributed by atoms with Gasteiger partial charge < -0.3 is 26.4 Å². The maximum atomic E-state index is 10.5. The minimum atomic E-state index is -0.856. The molecule has 0 unspecified atom stereocenters. The molecule has 2 aliphatic heterocycles. The van der Waals surface area contributed by atoms with E-state index in [0.717, 1.165) is 26.2 Å². The number of halogens is 1. The number of anilines is 2. The summed E-state index contributed by atoms with van der Waals surface area (Å²) in [7, 11) is 0. The van der Waals surface area contributed by atoms with Crippen LogP contribution in [0.4, 0.5) is 11.9 Å². The van der Waals surface area contributed by atoms with E-state index in [1.54, 1.807) is 24.8 Å². The van der Waals surface area contributed by atoms with E-state index in [1.807, 2.05) is 9.80 Å². The number of nitrogens with two attached hydrogens (primary N) is 2. The van der Waals surface area contributed by atoms with E-state index < -0.39 is 6.10 Å². The SMILES string of the molecule is Cl.NC1CN(c2ncc(C(O)c3cnc(N4CC(N)C4)nc3)cn2)C1. The van der Waals surface area contributed by atoms with E-state index in [9.17, 15) is 5.11 Å². The van der Waals surface area contributed by atoms with Crippen LogP contribution in [0.3, 0.4) is 0 Å². The zero-order valence-electron chi connectivity index (χ0n) is 13.6. The quantitative estimate of drug-likeness (QED) is 0.629. The van der Waals surface area contributed by atoms with Gasteiger partial charge in [0.25, 0.3) is 0 Å². The Morgan fingerprint density at radius 1 is 0.800 bits per heavy atom. The summed E-state index contributed by atoms with van der Waals surface area (Å²) >= 11 is 0. The van der Waals surface area contributed by atoms with Crippen LogP contribution in [0, 0.1) is 0 Å². The summed E-state index contributed by atoms with van der Waals surface area (Å²) in [6, 6.07) is 0.381. The van der Waals surface area contributed by atoms with Crippen molar-refractivity contribution in [3.63, 3.8) is 0 Å². The molecule has 0 spiro atoms. The molecule has 2 fully saturated rings. The van der Waals surface area contributed by atoms with Crippen LogP contribution >= 0.6 is 12.4 Å². The number of rotatable bonds is 4. The van der Waals surface area contributed by atoms with E-state index in [1.165, 1.54) is 0 Å². The minimum Gasteiger partial charge on any atom is -0.383 e. The maximum absolute atomic E-state index is 10.5. The second kappa shape index (κ2) is 7.04. The van der Waals surface area contributed by atoms with Gasteiger partial charge in [-0.3, -0.25) is 0 Å². The Bertz CT molecular complexity index is 639. The largest absolute Gasteiger partial charge is 0.383 e. The molecule has 0 atom stereocenters. The standard InChI is InChI=1S/C15H20N8O.ClH/c16-11-5-22(6-11)14-18-1-9(2-19-14)13(24)10-3-20-15(21-4-10)23-7-12(17)8-23;/h1-4,11-13,24H,5-8,16-17H2;1H. The van der Waals surface area contributed by atoms with E-state index in [2.05, 4.69) is 19.9 Å². The predicted octanol–water partition coefficient (Wildman–Crippen LogP) is -0.935. The average Bonchev–Trinajstić information content (AvgIpc) is 2.56. The summed E-state index contributed by atoms with van der Waals surface area (Å²) in [5.41, 5.74) is 12.7. The highest BCUT2D eigenvalue weighted by Crippen LogP contribution is 2.23. The summed E-state index contributed by atoms with van der Waals surface area (Å²) in [4.78, 5) is 21.2. The molecule has 4 rings (SSSR count). The predicted molar refractivity (Wildman–Crippen MR) is 95.8 cm³/mol. The van der Waals surface area contributed by atoms with Crippen molar-refractivity contribution in [2.45, 2.75) is 18.2 Å². The fraction of sp³-hybridized carbons (Fsp3) is 0.467. The van der Waals surface area contributed by atoms with Gasteiger partial charge >= 0.3 is 0 Å². The molecular weight excluding hydrogens is 344 g/mol. The zero-order valence-corrected chi connectivity index (χ0v) is 14.4. The molecule has 0 aromatic carbocycles. The van der Waals surface area contributed by atoms with Crippen molar-refractivity contribution in [2.75, 3.05) is 36.0 Å². The van der Waals surface area contributed by atoms with Crippen molar-refractivity contribution in [1.29, 1.82) is 0 Å². The van der Waals surface area contributed by atoms with Crippen LogP contribution in [0.5, 0.6) is 0 Å². The third-order valence-electron chi connectivity index (χ3n) is 4.33. The Hall–Kier alpha value is -2.07. The summed E-state index contributed by atoms with van der Waals surface area (Å²) in [5, 5.41) is 10.5. The van der Waals surface area contributed by atoms with Crippen LogP contribution < -0.4 is 21.3 Å². The highest BCUT2D eigenvalue weighted by atomic mass is 35.5. The van der Waals surface area contributed by atoms with Crippen molar-refractivity contribution in [3.05, 3.63) is 35.9 Å². The van der Waals surface area contributed by atoms with Crippen molar-refractivity contribution < 1.29 is 5.11 Å². The Kier molecular flexibility index (Phi) is 5.00. The van der Waals surface area contributed by atoms with E-state index >= 15 is 0 Å². The molecule has 2 aromatic heterocycles. The van der Waals surface area contributed by atoms with Gasteiger partial charge in [0.15, 0.2) is 0 Å². The summed E-state index contributed by atoms with van der Waals surface area (Å²) in [6.45, 7) is 3.05. The lowest BCUT2D eigenvalue weighted by molar-refractivity contribution is 0.218. The van der Waals surface area contributed by atoms with Gasteiger partial charge in [0.1, 0.15) is 6.10 Å². The first kappa shape index (κ1) is 17.7. The third-order valence-corrected chi connectivity index (χ3v) is 4.33. The molecular formula is C15H21ClN8O. The second-order valence-corrected chi connectivity index (χ2v) is 6.37. The van der Waals surface area contributed by atoms with E-state index in [0.29, 0.717) is 23.0 Å². The summed E-state index contributed by atoms with van der Waals surface area (Å²) in [5.74, 6) is 1.27. The van der Waals surface area contributed by atoms with Crippen LogP contribution in [0.2, 0.25) is 0 Å². The lowest BCUT2D eigenvalue weighted by Gasteiger charge is -2.36. The van der Waals surface area contributed by atoms with Crippen LogP contribution in [-0.2, 0) is 0 Å².